The fraction of sp³-hybridized carbons (Fsp3) is 0.867. The quantitative estimate of drug-likeness (QED) is 0.403. The second-order valence-corrected chi connectivity index (χ2v) is 5.94. The third-order valence-corrected chi connectivity index (χ3v) is 2.57. The molecule has 0 saturated carbocycles. The van der Waals surface area contributed by atoms with Gasteiger partial charge >= 0.3 is 6.09 Å². The van der Waals surface area contributed by atoms with Gasteiger partial charge in [0.1, 0.15) is 5.60 Å². The molecule has 0 spiro atoms. The molecule has 0 aliphatic rings. The van der Waals surface area contributed by atoms with Gasteiger partial charge in [-0.25, -0.2) is 4.79 Å². The van der Waals surface area contributed by atoms with Gasteiger partial charge in [-0.3, -0.25) is 4.99 Å². The lowest BCUT2D eigenvalue weighted by Gasteiger charge is -2.24. The first-order chi connectivity index (χ1) is 10.3. The van der Waals surface area contributed by atoms with Crippen LogP contribution < -0.4 is 10.6 Å². The Hall–Kier alpha value is -1.50. The van der Waals surface area contributed by atoms with Crippen LogP contribution in [0.1, 0.15) is 34.1 Å². The highest BCUT2D eigenvalue weighted by atomic mass is 16.6. The van der Waals surface area contributed by atoms with Crippen molar-refractivity contribution in [2.75, 3.05) is 46.9 Å². The van der Waals surface area contributed by atoms with E-state index in [-0.39, 0.29) is 6.09 Å². The molecule has 0 aromatic rings. The Morgan fingerprint density at radius 2 is 1.95 bits per heavy atom. The van der Waals surface area contributed by atoms with Gasteiger partial charge in [0.05, 0.1) is 0 Å². The van der Waals surface area contributed by atoms with E-state index < -0.39 is 5.60 Å². The number of carbonyl (C=O) groups is 1. The smallest absolute Gasteiger partial charge is 0.410 e. The van der Waals surface area contributed by atoms with Gasteiger partial charge in [0, 0.05) is 46.9 Å². The number of amides is 1. The molecule has 0 saturated heterocycles. The van der Waals surface area contributed by atoms with Crippen molar-refractivity contribution < 1.29 is 14.3 Å². The van der Waals surface area contributed by atoms with Crippen LogP contribution in [-0.4, -0.2) is 69.5 Å². The summed E-state index contributed by atoms with van der Waals surface area (Å²) in [6.45, 7) is 10.9. The molecule has 2 N–H and O–H groups in total. The summed E-state index contributed by atoms with van der Waals surface area (Å²) in [5, 5.41) is 6.36. The van der Waals surface area contributed by atoms with E-state index in [0.29, 0.717) is 26.2 Å². The van der Waals surface area contributed by atoms with Crippen LogP contribution in [0.4, 0.5) is 4.79 Å². The molecule has 130 valence electrons. The predicted molar refractivity (Wildman–Crippen MR) is 89.3 cm³/mol. The monoisotopic (exact) mass is 316 g/mol. The number of likely N-dealkylation sites (N-methyl/N-ethyl adjacent to an activating group) is 1. The number of nitrogens with one attached hydrogen (secondary N) is 2. The summed E-state index contributed by atoms with van der Waals surface area (Å²) in [6.07, 6.45) is 0.557. The minimum absolute atomic E-state index is 0.323. The fourth-order valence-corrected chi connectivity index (χ4v) is 1.51. The van der Waals surface area contributed by atoms with Gasteiger partial charge in [-0.15, -0.1) is 0 Å². The number of methoxy groups -OCH3 is 1. The van der Waals surface area contributed by atoms with E-state index in [1.54, 1.807) is 19.1 Å². The molecule has 7 heteroatoms. The normalized spacial score (nSPS) is 12.0. The van der Waals surface area contributed by atoms with E-state index in [4.69, 9.17) is 9.47 Å². The van der Waals surface area contributed by atoms with Gasteiger partial charge in [-0.2, -0.15) is 0 Å². The molecule has 0 heterocycles. The number of nitrogens with zero attached hydrogens (tertiary/aromatic N) is 2. The largest absolute Gasteiger partial charge is 0.444 e. The van der Waals surface area contributed by atoms with E-state index in [0.717, 1.165) is 18.9 Å². The molecule has 0 atom stereocenters. The highest BCUT2D eigenvalue weighted by Crippen LogP contribution is 2.08. The van der Waals surface area contributed by atoms with Crippen LogP contribution in [0.3, 0.4) is 0 Å². The maximum Gasteiger partial charge on any atom is 0.410 e. The van der Waals surface area contributed by atoms with Crippen LogP contribution >= 0.6 is 0 Å². The Bertz CT molecular complexity index is 340. The molecule has 0 unspecified atom stereocenters. The van der Waals surface area contributed by atoms with Gasteiger partial charge in [-0.1, -0.05) is 0 Å². The third-order valence-electron chi connectivity index (χ3n) is 2.57. The van der Waals surface area contributed by atoms with Crippen molar-refractivity contribution in [1.29, 1.82) is 0 Å². The topological polar surface area (TPSA) is 75.2 Å². The first-order valence-electron chi connectivity index (χ1n) is 7.75. The number of guanidine groups is 1. The molecule has 0 aliphatic carbocycles. The molecule has 0 bridgehead atoms. The number of rotatable bonds is 8. The molecule has 0 aromatic carbocycles. The summed E-state index contributed by atoms with van der Waals surface area (Å²) in [4.78, 5) is 17.8. The average molecular weight is 316 g/mol. The van der Waals surface area contributed by atoms with Crippen LogP contribution in [0.25, 0.3) is 0 Å². The molecule has 0 aliphatic heterocycles. The van der Waals surface area contributed by atoms with Crippen LogP contribution in [0.2, 0.25) is 0 Å². The molecular weight excluding hydrogens is 284 g/mol. The summed E-state index contributed by atoms with van der Waals surface area (Å²) in [7, 11) is 3.40. The lowest BCUT2D eigenvalue weighted by atomic mass is 10.2. The highest BCUT2D eigenvalue weighted by Gasteiger charge is 2.19. The number of hydrogen-bond acceptors (Lipinski definition) is 4. The van der Waals surface area contributed by atoms with E-state index >= 15 is 0 Å². The zero-order chi connectivity index (χ0) is 17.0. The predicted octanol–water partition coefficient (Wildman–Crippen LogP) is 1.44. The molecular formula is C15H32N4O3. The Morgan fingerprint density at radius 3 is 2.50 bits per heavy atom. The molecule has 0 radical (unpaired) electrons. The average Bonchev–Trinajstić information content (AvgIpc) is 2.41. The van der Waals surface area contributed by atoms with Gasteiger partial charge in [0.15, 0.2) is 5.96 Å². The molecule has 1 amide bonds. The first-order valence-corrected chi connectivity index (χ1v) is 7.75. The van der Waals surface area contributed by atoms with E-state index in [9.17, 15) is 4.79 Å². The van der Waals surface area contributed by atoms with E-state index in [1.165, 1.54) is 0 Å². The molecule has 0 aromatic heterocycles. The van der Waals surface area contributed by atoms with Gasteiger partial charge < -0.3 is 25.0 Å². The van der Waals surface area contributed by atoms with Crippen molar-refractivity contribution in [3.8, 4) is 0 Å². The Morgan fingerprint density at radius 1 is 1.27 bits per heavy atom. The van der Waals surface area contributed by atoms with Crippen LogP contribution in [0, 0.1) is 0 Å². The highest BCUT2D eigenvalue weighted by molar-refractivity contribution is 5.79. The second-order valence-electron chi connectivity index (χ2n) is 5.94. The van der Waals surface area contributed by atoms with Crippen LogP contribution in [0.5, 0.6) is 0 Å². The number of carbonyl (C=O) groups excluding carboxylic acids is 1. The van der Waals surface area contributed by atoms with E-state index in [2.05, 4.69) is 15.6 Å². The van der Waals surface area contributed by atoms with E-state index in [1.807, 2.05) is 27.7 Å². The van der Waals surface area contributed by atoms with Crippen LogP contribution in [-0.2, 0) is 9.47 Å². The third kappa shape index (κ3) is 11.2. The zero-order valence-electron chi connectivity index (χ0n) is 14.9. The minimum Gasteiger partial charge on any atom is -0.444 e. The van der Waals surface area contributed by atoms with Crippen molar-refractivity contribution in [3.63, 3.8) is 0 Å². The standard InChI is InChI=1S/C15H32N4O3/c1-7-16-13(17-9-8-12-21-6)18-10-11-19(5)14(20)22-15(2,3)4/h7-12H2,1-6H3,(H2,16,17,18). The zero-order valence-corrected chi connectivity index (χ0v) is 14.9. The lowest BCUT2D eigenvalue weighted by molar-refractivity contribution is 0.0302. The number of hydrogen-bond donors (Lipinski definition) is 2. The second kappa shape index (κ2) is 11.1. The van der Waals surface area contributed by atoms with Crippen molar-refractivity contribution in [2.24, 2.45) is 4.99 Å². The molecule has 7 nitrogen and oxygen atoms in total. The van der Waals surface area contributed by atoms with Crippen LogP contribution in [0.15, 0.2) is 4.99 Å². The number of ether oxygens (including phenoxy) is 2. The summed E-state index contributed by atoms with van der Waals surface area (Å²) < 4.78 is 10.3. The Balaban J connectivity index is 4.12. The van der Waals surface area contributed by atoms with Gasteiger partial charge in [0.25, 0.3) is 0 Å². The SMILES string of the molecule is CCNC(=NCCCOC)NCCN(C)C(=O)OC(C)(C)C. The maximum absolute atomic E-state index is 11.8. The van der Waals surface area contributed by atoms with Gasteiger partial charge in [-0.05, 0) is 34.1 Å². The Kier molecular flexibility index (Phi) is 10.4. The first kappa shape index (κ1) is 20.5. The van der Waals surface area contributed by atoms with Crippen molar-refractivity contribution in [3.05, 3.63) is 0 Å². The van der Waals surface area contributed by atoms with Crippen molar-refractivity contribution in [2.45, 2.75) is 39.7 Å². The fourth-order valence-electron chi connectivity index (χ4n) is 1.51. The summed E-state index contributed by atoms with van der Waals surface area (Å²) in [5.74, 6) is 0.746. The number of aliphatic imine (C=N–C) groups is 1. The molecule has 0 fully saturated rings. The maximum atomic E-state index is 11.8. The van der Waals surface area contributed by atoms with Gasteiger partial charge in [0.2, 0.25) is 0 Å². The lowest BCUT2D eigenvalue weighted by Crippen LogP contribution is -2.43. The van der Waals surface area contributed by atoms with Crippen molar-refractivity contribution >= 4 is 12.1 Å². The Labute approximate surface area is 134 Å². The van der Waals surface area contributed by atoms with Crippen molar-refractivity contribution in [1.82, 2.24) is 15.5 Å². The molecule has 22 heavy (non-hydrogen) atoms. The minimum atomic E-state index is -0.476. The summed E-state index contributed by atoms with van der Waals surface area (Å²) >= 11 is 0. The summed E-state index contributed by atoms with van der Waals surface area (Å²) in [5.41, 5.74) is -0.476. The summed E-state index contributed by atoms with van der Waals surface area (Å²) in [6, 6.07) is 0. The molecule has 0 rings (SSSR count).